The molecule has 1 saturated carbocycles. The van der Waals surface area contributed by atoms with Gasteiger partial charge in [0.2, 0.25) is 0 Å². The van der Waals surface area contributed by atoms with E-state index in [-0.39, 0.29) is 11.9 Å². The molecule has 2 fully saturated rings. The number of aryl methyl sites for hydroxylation is 1. The molecule has 1 saturated heterocycles. The van der Waals surface area contributed by atoms with Crippen molar-refractivity contribution in [3.8, 4) is 10.7 Å². The second kappa shape index (κ2) is 6.02. The van der Waals surface area contributed by atoms with E-state index >= 15 is 0 Å². The van der Waals surface area contributed by atoms with Crippen LogP contribution >= 0.6 is 11.3 Å². The third-order valence-electron chi connectivity index (χ3n) is 4.50. The van der Waals surface area contributed by atoms with Crippen molar-refractivity contribution in [2.75, 3.05) is 13.1 Å². The first-order chi connectivity index (χ1) is 11.2. The fourth-order valence-corrected chi connectivity index (χ4v) is 4.08. The lowest BCUT2D eigenvalue weighted by Gasteiger charge is -2.15. The van der Waals surface area contributed by atoms with Crippen LogP contribution in [0.5, 0.6) is 0 Å². The maximum absolute atomic E-state index is 12.6. The molecular weight excluding hydrogens is 308 g/mol. The van der Waals surface area contributed by atoms with Crippen molar-refractivity contribution in [3.63, 3.8) is 0 Å². The fourth-order valence-electron chi connectivity index (χ4n) is 3.13. The van der Waals surface area contributed by atoms with Crippen LogP contribution < -0.4 is 5.32 Å². The molecule has 1 atom stereocenters. The minimum atomic E-state index is 0.00447. The molecular formula is C17H20N4OS. The Morgan fingerprint density at radius 3 is 2.96 bits per heavy atom. The van der Waals surface area contributed by atoms with Crippen LogP contribution in [0.15, 0.2) is 24.4 Å². The number of hydrogen-bond donors (Lipinski definition) is 1. The SMILES string of the molecule is Cc1nc(-c2ccccn2)sc1C(=O)NC1CCN(C2CC2)C1. The summed E-state index contributed by atoms with van der Waals surface area (Å²) in [6, 6.07) is 6.78. The maximum atomic E-state index is 12.6. The minimum Gasteiger partial charge on any atom is -0.347 e. The average molecular weight is 328 g/mol. The third-order valence-corrected chi connectivity index (χ3v) is 5.68. The standard InChI is InChI=1S/C17H20N4OS/c1-11-15(23-17(19-11)14-4-2-3-8-18-14)16(22)20-12-7-9-21(10-12)13-5-6-13/h2-4,8,12-13H,5-7,9-10H2,1H3,(H,20,22). The van der Waals surface area contributed by atoms with Gasteiger partial charge in [-0.3, -0.25) is 14.7 Å². The van der Waals surface area contributed by atoms with Gasteiger partial charge in [-0.25, -0.2) is 4.98 Å². The highest BCUT2D eigenvalue weighted by molar-refractivity contribution is 7.17. The van der Waals surface area contributed by atoms with Crippen LogP contribution in [0.25, 0.3) is 10.7 Å². The second-order valence-corrected chi connectivity index (χ2v) is 7.33. The first kappa shape index (κ1) is 14.8. The Morgan fingerprint density at radius 1 is 1.35 bits per heavy atom. The number of nitrogens with one attached hydrogen (secondary N) is 1. The topological polar surface area (TPSA) is 58.1 Å². The van der Waals surface area contributed by atoms with Gasteiger partial charge in [0.15, 0.2) is 0 Å². The van der Waals surface area contributed by atoms with E-state index in [9.17, 15) is 4.79 Å². The van der Waals surface area contributed by atoms with Gasteiger partial charge in [0.05, 0.1) is 11.4 Å². The zero-order valence-corrected chi connectivity index (χ0v) is 14.0. The number of pyridine rings is 1. The van der Waals surface area contributed by atoms with Crippen molar-refractivity contribution in [3.05, 3.63) is 35.0 Å². The zero-order valence-electron chi connectivity index (χ0n) is 13.2. The number of likely N-dealkylation sites (tertiary alicyclic amines) is 1. The molecule has 1 N–H and O–H groups in total. The van der Waals surface area contributed by atoms with Crippen molar-refractivity contribution in [1.82, 2.24) is 20.2 Å². The van der Waals surface area contributed by atoms with Gasteiger partial charge < -0.3 is 5.32 Å². The molecule has 2 aliphatic rings. The molecule has 0 spiro atoms. The van der Waals surface area contributed by atoms with Crippen molar-refractivity contribution in [2.24, 2.45) is 0 Å². The number of amides is 1. The molecule has 2 aromatic heterocycles. The van der Waals surface area contributed by atoms with Gasteiger partial charge in [-0.2, -0.15) is 0 Å². The van der Waals surface area contributed by atoms with Crippen LogP contribution in [-0.4, -0.2) is 45.9 Å². The van der Waals surface area contributed by atoms with E-state index in [1.165, 1.54) is 24.2 Å². The van der Waals surface area contributed by atoms with Gasteiger partial charge in [-0.15, -0.1) is 11.3 Å². The molecule has 6 heteroatoms. The quantitative estimate of drug-likeness (QED) is 0.937. The Kier molecular flexibility index (Phi) is 3.87. The lowest BCUT2D eigenvalue weighted by molar-refractivity contribution is 0.0941. The highest BCUT2D eigenvalue weighted by Crippen LogP contribution is 2.30. The summed E-state index contributed by atoms with van der Waals surface area (Å²) in [6.07, 6.45) is 5.44. The molecule has 0 radical (unpaired) electrons. The molecule has 0 bridgehead atoms. The number of hydrogen-bond acceptors (Lipinski definition) is 5. The number of aromatic nitrogens is 2. The maximum Gasteiger partial charge on any atom is 0.263 e. The monoisotopic (exact) mass is 328 g/mol. The van der Waals surface area contributed by atoms with Crippen LogP contribution in [0, 0.1) is 6.92 Å². The van der Waals surface area contributed by atoms with E-state index in [0.29, 0.717) is 4.88 Å². The molecule has 4 rings (SSSR count). The van der Waals surface area contributed by atoms with Crippen LogP contribution in [0.2, 0.25) is 0 Å². The van der Waals surface area contributed by atoms with E-state index in [4.69, 9.17) is 0 Å². The van der Waals surface area contributed by atoms with Gasteiger partial charge in [0.1, 0.15) is 9.88 Å². The average Bonchev–Trinajstić information content (AvgIpc) is 3.19. The fraction of sp³-hybridized carbons (Fsp3) is 0.471. The Hall–Kier alpha value is -1.79. The molecule has 3 heterocycles. The van der Waals surface area contributed by atoms with Crippen LogP contribution in [0.1, 0.15) is 34.6 Å². The van der Waals surface area contributed by atoms with Crippen molar-refractivity contribution in [1.29, 1.82) is 0 Å². The number of carbonyl (C=O) groups excluding carboxylic acids is 1. The first-order valence-corrected chi connectivity index (χ1v) is 8.96. The molecule has 2 aromatic rings. The van der Waals surface area contributed by atoms with Crippen molar-refractivity contribution < 1.29 is 4.79 Å². The summed E-state index contributed by atoms with van der Waals surface area (Å²) in [5.74, 6) is 0.00447. The predicted molar refractivity (Wildman–Crippen MR) is 90.5 cm³/mol. The molecule has 1 amide bonds. The third kappa shape index (κ3) is 3.14. The normalized spacial score (nSPS) is 21.5. The van der Waals surface area contributed by atoms with Gasteiger partial charge in [-0.1, -0.05) is 6.07 Å². The summed E-state index contributed by atoms with van der Waals surface area (Å²) in [6.45, 7) is 3.99. The van der Waals surface area contributed by atoms with E-state index < -0.39 is 0 Å². The molecule has 120 valence electrons. The van der Waals surface area contributed by atoms with Gasteiger partial charge in [0, 0.05) is 31.4 Å². The molecule has 1 unspecified atom stereocenters. The van der Waals surface area contributed by atoms with E-state index in [1.54, 1.807) is 6.20 Å². The lowest BCUT2D eigenvalue weighted by atomic mass is 10.2. The summed E-state index contributed by atoms with van der Waals surface area (Å²) in [7, 11) is 0. The summed E-state index contributed by atoms with van der Waals surface area (Å²) in [4.78, 5) is 24.6. The van der Waals surface area contributed by atoms with Gasteiger partial charge in [-0.05, 0) is 38.3 Å². The van der Waals surface area contributed by atoms with Crippen LogP contribution in [-0.2, 0) is 0 Å². The molecule has 5 nitrogen and oxygen atoms in total. The molecule has 1 aliphatic carbocycles. The van der Waals surface area contributed by atoms with Crippen LogP contribution in [0.4, 0.5) is 0 Å². The highest BCUT2D eigenvalue weighted by Gasteiger charge is 2.35. The Labute approximate surface area is 139 Å². The van der Waals surface area contributed by atoms with Gasteiger partial charge >= 0.3 is 0 Å². The summed E-state index contributed by atoms with van der Waals surface area (Å²) >= 11 is 1.42. The molecule has 0 aromatic carbocycles. The molecule has 23 heavy (non-hydrogen) atoms. The largest absolute Gasteiger partial charge is 0.347 e. The van der Waals surface area contributed by atoms with Crippen LogP contribution in [0.3, 0.4) is 0 Å². The Morgan fingerprint density at radius 2 is 2.22 bits per heavy atom. The Balaban J connectivity index is 1.45. The van der Waals surface area contributed by atoms with Gasteiger partial charge in [0.25, 0.3) is 5.91 Å². The highest BCUT2D eigenvalue weighted by atomic mass is 32.1. The molecule has 1 aliphatic heterocycles. The first-order valence-electron chi connectivity index (χ1n) is 8.14. The second-order valence-electron chi connectivity index (χ2n) is 6.33. The van der Waals surface area contributed by atoms with Crippen molar-refractivity contribution in [2.45, 2.75) is 38.3 Å². The summed E-state index contributed by atoms with van der Waals surface area (Å²) in [5.41, 5.74) is 1.60. The smallest absolute Gasteiger partial charge is 0.263 e. The predicted octanol–water partition coefficient (Wildman–Crippen LogP) is 2.48. The number of carbonyl (C=O) groups is 1. The zero-order chi connectivity index (χ0) is 15.8. The van der Waals surface area contributed by atoms with Crippen molar-refractivity contribution >= 4 is 17.2 Å². The Bertz CT molecular complexity index is 711. The summed E-state index contributed by atoms with van der Waals surface area (Å²) < 4.78 is 0. The lowest BCUT2D eigenvalue weighted by Crippen LogP contribution is -2.37. The number of rotatable bonds is 4. The summed E-state index contributed by atoms with van der Waals surface area (Å²) in [5, 5.41) is 3.99. The number of nitrogens with zero attached hydrogens (tertiary/aromatic N) is 3. The van der Waals surface area contributed by atoms with E-state index in [0.717, 1.165) is 41.9 Å². The van der Waals surface area contributed by atoms with E-state index in [1.807, 2.05) is 25.1 Å². The number of thiazole rings is 1. The minimum absolute atomic E-state index is 0.00447. The van der Waals surface area contributed by atoms with E-state index in [2.05, 4.69) is 20.2 Å².